The molecule has 6 heteroatoms. The van der Waals surface area contributed by atoms with Crippen LogP contribution in [0.5, 0.6) is 0 Å². The molecule has 0 saturated heterocycles. The van der Waals surface area contributed by atoms with E-state index in [9.17, 15) is 14.7 Å². The number of carboxylic acids is 1. The molecule has 1 aromatic heterocycles. The van der Waals surface area contributed by atoms with Gasteiger partial charge in [0.1, 0.15) is 5.92 Å². The number of amides is 1. The first-order valence-corrected chi connectivity index (χ1v) is 7.16. The van der Waals surface area contributed by atoms with E-state index in [1.807, 2.05) is 0 Å². The second-order valence-corrected chi connectivity index (χ2v) is 6.18. The summed E-state index contributed by atoms with van der Waals surface area (Å²) in [6.45, 7) is 0.156. The van der Waals surface area contributed by atoms with Gasteiger partial charge in [-0.05, 0) is 23.8 Å². The average Bonchev–Trinajstić information content (AvgIpc) is 3.02. The average molecular weight is 308 g/mol. The second kappa shape index (κ2) is 4.92. The van der Waals surface area contributed by atoms with Crippen molar-refractivity contribution in [3.63, 3.8) is 0 Å². The number of carboxylic acid groups (broad SMARTS) is 1. The first-order chi connectivity index (χ1) is 9.58. The lowest BCUT2D eigenvalue weighted by Gasteiger charge is -2.16. The van der Waals surface area contributed by atoms with Crippen LogP contribution in [0.2, 0.25) is 4.34 Å². The lowest BCUT2D eigenvalue weighted by atomic mass is 10.0. The fourth-order valence-electron chi connectivity index (χ4n) is 2.37. The lowest BCUT2D eigenvalue weighted by Crippen LogP contribution is -2.30. The number of hydrogen-bond donors (Lipinski definition) is 1. The molecule has 0 radical (unpaired) electrons. The van der Waals surface area contributed by atoms with Crippen LogP contribution in [-0.2, 0) is 4.79 Å². The number of hydrogen-bond acceptors (Lipinski definition) is 3. The number of rotatable bonds is 2. The Hall–Kier alpha value is -1.85. The van der Waals surface area contributed by atoms with Crippen LogP contribution < -0.4 is 4.90 Å². The van der Waals surface area contributed by atoms with Crippen molar-refractivity contribution in [2.24, 2.45) is 0 Å². The number of halogens is 1. The summed E-state index contributed by atoms with van der Waals surface area (Å²) in [5.41, 5.74) is 1.34. The third-order valence-electron chi connectivity index (χ3n) is 3.30. The van der Waals surface area contributed by atoms with E-state index < -0.39 is 11.9 Å². The summed E-state index contributed by atoms with van der Waals surface area (Å²) in [6.07, 6.45) is 0. The van der Waals surface area contributed by atoms with Crippen molar-refractivity contribution in [2.45, 2.75) is 5.92 Å². The van der Waals surface area contributed by atoms with Crippen molar-refractivity contribution >= 4 is 40.5 Å². The molecule has 1 atom stereocenters. The number of para-hydroxylation sites is 1. The Morgan fingerprint density at radius 1 is 1.25 bits per heavy atom. The molecule has 0 fully saturated rings. The van der Waals surface area contributed by atoms with Crippen molar-refractivity contribution < 1.29 is 14.7 Å². The Kier molecular flexibility index (Phi) is 3.23. The first-order valence-electron chi connectivity index (χ1n) is 5.97. The van der Waals surface area contributed by atoms with Crippen LogP contribution in [0.1, 0.15) is 21.2 Å². The normalized spacial score (nSPS) is 17.1. The zero-order valence-corrected chi connectivity index (χ0v) is 11.8. The van der Waals surface area contributed by atoms with Crippen LogP contribution in [0.4, 0.5) is 5.69 Å². The number of thiophene rings is 1. The number of carbonyl (C=O) groups excluding carboxylic acids is 1. The van der Waals surface area contributed by atoms with E-state index in [2.05, 4.69) is 0 Å². The third kappa shape index (κ3) is 2.09. The Morgan fingerprint density at radius 2 is 2.00 bits per heavy atom. The molecule has 1 aliphatic heterocycles. The fourth-order valence-corrected chi connectivity index (χ4v) is 3.37. The Morgan fingerprint density at radius 3 is 2.65 bits per heavy atom. The Bertz CT molecular complexity index is 697. The summed E-state index contributed by atoms with van der Waals surface area (Å²) >= 11 is 7.04. The van der Waals surface area contributed by atoms with Crippen molar-refractivity contribution in [3.05, 3.63) is 51.2 Å². The SMILES string of the molecule is O=C(O)[C@@H]1CN(C(=O)c2ccc(Cl)s2)c2ccccc21. The molecule has 1 aromatic carbocycles. The van der Waals surface area contributed by atoms with E-state index in [1.54, 1.807) is 36.4 Å². The molecule has 0 spiro atoms. The zero-order valence-electron chi connectivity index (χ0n) is 10.2. The smallest absolute Gasteiger partial charge is 0.312 e. The van der Waals surface area contributed by atoms with Crippen molar-refractivity contribution in [1.82, 2.24) is 0 Å². The summed E-state index contributed by atoms with van der Waals surface area (Å²) in [4.78, 5) is 25.8. The van der Waals surface area contributed by atoms with Gasteiger partial charge in [-0.2, -0.15) is 0 Å². The quantitative estimate of drug-likeness (QED) is 0.926. The zero-order chi connectivity index (χ0) is 14.3. The van der Waals surface area contributed by atoms with E-state index in [1.165, 1.54) is 16.2 Å². The molecule has 1 aliphatic rings. The van der Waals surface area contributed by atoms with E-state index >= 15 is 0 Å². The van der Waals surface area contributed by atoms with E-state index in [0.29, 0.717) is 20.5 Å². The van der Waals surface area contributed by atoms with Gasteiger partial charge in [0.15, 0.2) is 0 Å². The largest absolute Gasteiger partial charge is 0.481 e. The highest BCUT2D eigenvalue weighted by molar-refractivity contribution is 7.18. The fraction of sp³-hybridized carbons (Fsp3) is 0.143. The highest BCUT2D eigenvalue weighted by atomic mass is 35.5. The van der Waals surface area contributed by atoms with E-state index in [4.69, 9.17) is 11.6 Å². The number of carbonyl (C=O) groups is 2. The third-order valence-corrected chi connectivity index (χ3v) is 4.51. The standard InChI is InChI=1S/C14H10ClNO3S/c15-12-6-5-11(20-12)13(17)16-7-9(14(18)19)8-3-1-2-4-10(8)16/h1-6,9H,7H2,(H,18,19)/t9-/m1/s1. The maximum absolute atomic E-state index is 12.5. The summed E-state index contributed by atoms with van der Waals surface area (Å²) in [5.74, 6) is -1.80. The van der Waals surface area contributed by atoms with Crippen LogP contribution in [0.3, 0.4) is 0 Å². The highest BCUT2D eigenvalue weighted by Gasteiger charge is 2.36. The van der Waals surface area contributed by atoms with Crippen LogP contribution in [-0.4, -0.2) is 23.5 Å². The van der Waals surface area contributed by atoms with Gasteiger partial charge in [0.25, 0.3) is 5.91 Å². The van der Waals surface area contributed by atoms with Crippen molar-refractivity contribution in [2.75, 3.05) is 11.4 Å². The number of nitrogens with zero attached hydrogens (tertiary/aromatic N) is 1. The second-order valence-electron chi connectivity index (χ2n) is 4.47. The van der Waals surface area contributed by atoms with Gasteiger partial charge >= 0.3 is 5.97 Å². The van der Waals surface area contributed by atoms with Gasteiger partial charge in [0.05, 0.1) is 9.21 Å². The summed E-state index contributed by atoms with van der Waals surface area (Å²) in [7, 11) is 0. The topological polar surface area (TPSA) is 57.6 Å². The summed E-state index contributed by atoms with van der Waals surface area (Å²) in [5, 5.41) is 9.28. The van der Waals surface area contributed by atoms with Gasteiger partial charge in [-0.15, -0.1) is 11.3 Å². The molecule has 0 unspecified atom stereocenters. The van der Waals surface area contributed by atoms with Crippen molar-refractivity contribution in [1.29, 1.82) is 0 Å². The minimum atomic E-state index is -0.919. The molecule has 1 N–H and O–H groups in total. The number of benzene rings is 1. The van der Waals surface area contributed by atoms with Gasteiger partial charge in [-0.25, -0.2) is 0 Å². The van der Waals surface area contributed by atoms with Crippen LogP contribution in [0, 0.1) is 0 Å². The Labute approximate surface area is 124 Å². The number of anilines is 1. The maximum Gasteiger partial charge on any atom is 0.312 e. The molecule has 20 heavy (non-hydrogen) atoms. The predicted molar refractivity (Wildman–Crippen MR) is 77.8 cm³/mol. The predicted octanol–water partition coefficient (Wildman–Crippen LogP) is 3.23. The van der Waals surface area contributed by atoms with Gasteiger partial charge in [0.2, 0.25) is 0 Å². The molecule has 4 nitrogen and oxygen atoms in total. The lowest BCUT2D eigenvalue weighted by molar-refractivity contribution is -0.138. The van der Waals surface area contributed by atoms with E-state index in [0.717, 1.165) is 0 Å². The van der Waals surface area contributed by atoms with E-state index in [-0.39, 0.29) is 12.5 Å². The van der Waals surface area contributed by atoms with Gasteiger partial charge in [-0.1, -0.05) is 29.8 Å². The molecule has 102 valence electrons. The number of fused-ring (bicyclic) bond motifs is 1. The van der Waals surface area contributed by atoms with Gasteiger partial charge in [-0.3, -0.25) is 9.59 Å². The molecule has 3 rings (SSSR count). The van der Waals surface area contributed by atoms with Crippen LogP contribution in [0.15, 0.2) is 36.4 Å². The summed E-state index contributed by atoms with van der Waals surface area (Å²) in [6, 6.07) is 10.4. The summed E-state index contributed by atoms with van der Waals surface area (Å²) < 4.78 is 0.538. The maximum atomic E-state index is 12.5. The van der Waals surface area contributed by atoms with Gasteiger partial charge in [0, 0.05) is 12.2 Å². The molecule has 0 aliphatic carbocycles. The minimum absolute atomic E-state index is 0.156. The van der Waals surface area contributed by atoms with Crippen LogP contribution >= 0.6 is 22.9 Å². The molecule has 1 amide bonds. The molecule has 2 aromatic rings. The number of aliphatic carboxylic acids is 1. The van der Waals surface area contributed by atoms with Crippen LogP contribution in [0.25, 0.3) is 0 Å². The Balaban J connectivity index is 2.00. The van der Waals surface area contributed by atoms with Crippen molar-refractivity contribution in [3.8, 4) is 0 Å². The molecular formula is C14H10ClNO3S. The molecule has 0 saturated carbocycles. The van der Waals surface area contributed by atoms with Gasteiger partial charge < -0.3 is 10.0 Å². The first kappa shape index (κ1) is 13.1. The highest BCUT2D eigenvalue weighted by Crippen LogP contribution is 2.37. The minimum Gasteiger partial charge on any atom is -0.481 e. The molecule has 2 heterocycles. The molecular weight excluding hydrogens is 298 g/mol. The molecule has 0 bridgehead atoms. The monoisotopic (exact) mass is 307 g/mol.